The van der Waals surface area contributed by atoms with Crippen LogP contribution in [0.1, 0.15) is 50.3 Å². The van der Waals surface area contributed by atoms with E-state index >= 15 is 0 Å². The Morgan fingerprint density at radius 3 is 2.37 bits per heavy atom. The van der Waals surface area contributed by atoms with Crippen LogP contribution in [0.25, 0.3) is 11.1 Å². The zero-order chi connectivity index (χ0) is 25.2. The second-order valence-electron chi connectivity index (χ2n) is 8.90. The van der Waals surface area contributed by atoms with Crippen LogP contribution in [-0.4, -0.2) is 22.4 Å². The van der Waals surface area contributed by atoms with E-state index < -0.39 is 11.4 Å². The van der Waals surface area contributed by atoms with Crippen LogP contribution < -0.4 is 0 Å². The summed E-state index contributed by atoms with van der Waals surface area (Å²) in [5.74, 6) is 0.394. The molecule has 0 saturated heterocycles. The van der Waals surface area contributed by atoms with Crippen molar-refractivity contribution in [3.63, 3.8) is 0 Å². The van der Waals surface area contributed by atoms with E-state index in [1.165, 1.54) is 6.92 Å². The van der Waals surface area contributed by atoms with Crippen molar-refractivity contribution in [1.82, 2.24) is 0 Å². The van der Waals surface area contributed by atoms with Gasteiger partial charge < -0.3 is 4.84 Å². The van der Waals surface area contributed by atoms with E-state index in [2.05, 4.69) is 25.1 Å². The Bertz CT molecular complexity index is 1320. The van der Waals surface area contributed by atoms with E-state index in [9.17, 15) is 14.9 Å². The van der Waals surface area contributed by atoms with E-state index in [4.69, 9.17) is 16.4 Å². The van der Waals surface area contributed by atoms with Crippen LogP contribution in [-0.2, 0) is 15.0 Å². The van der Waals surface area contributed by atoms with E-state index in [1.807, 2.05) is 42.5 Å². The summed E-state index contributed by atoms with van der Waals surface area (Å²) in [6.45, 7) is 5.46. The zero-order valence-electron chi connectivity index (χ0n) is 19.7. The van der Waals surface area contributed by atoms with Crippen LogP contribution in [0, 0.1) is 10.1 Å². The molecule has 0 saturated carbocycles. The van der Waals surface area contributed by atoms with Gasteiger partial charge in [-0.2, -0.15) is 0 Å². The van der Waals surface area contributed by atoms with Crippen LogP contribution in [0.2, 0.25) is 5.02 Å². The standard InChI is InChI=1S/C27H25ClN2O4S/c1-17(31)34-29-26(5-4-14-35-21-10-7-19(28)8-11-21)18-6-12-22-23-13-9-20(30(32)33)16-25(23)27(2,3)24(22)15-18/h6-13,15-16H,4-5,14H2,1-3H3/b29-26+. The molecule has 6 nitrogen and oxygen atoms in total. The van der Waals surface area contributed by atoms with Gasteiger partial charge in [-0.3, -0.25) is 10.1 Å². The first-order valence-corrected chi connectivity index (χ1v) is 12.6. The first kappa shape index (κ1) is 24.9. The molecule has 0 fully saturated rings. The highest BCUT2D eigenvalue weighted by molar-refractivity contribution is 7.99. The predicted octanol–water partition coefficient (Wildman–Crippen LogP) is 7.39. The van der Waals surface area contributed by atoms with E-state index in [1.54, 1.807) is 23.9 Å². The molecule has 0 aromatic heterocycles. The Kier molecular flexibility index (Phi) is 7.28. The van der Waals surface area contributed by atoms with Crippen molar-refractivity contribution in [2.24, 2.45) is 5.16 Å². The number of thioether (sulfide) groups is 1. The number of benzene rings is 3. The summed E-state index contributed by atoms with van der Waals surface area (Å²) in [6.07, 6.45) is 1.46. The molecule has 35 heavy (non-hydrogen) atoms. The van der Waals surface area contributed by atoms with Gasteiger partial charge >= 0.3 is 5.97 Å². The molecule has 0 unspecified atom stereocenters. The van der Waals surface area contributed by atoms with Crippen LogP contribution in [0.15, 0.2) is 70.7 Å². The van der Waals surface area contributed by atoms with Crippen molar-refractivity contribution < 1.29 is 14.6 Å². The van der Waals surface area contributed by atoms with Gasteiger partial charge in [0.2, 0.25) is 0 Å². The Morgan fingerprint density at radius 2 is 1.71 bits per heavy atom. The molecule has 4 rings (SSSR count). The van der Waals surface area contributed by atoms with Crippen LogP contribution in [0.5, 0.6) is 0 Å². The molecular weight excluding hydrogens is 484 g/mol. The molecule has 0 spiro atoms. The maximum atomic E-state index is 11.4. The Morgan fingerprint density at radius 1 is 1.06 bits per heavy atom. The summed E-state index contributed by atoms with van der Waals surface area (Å²) in [5.41, 5.74) is 5.28. The maximum absolute atomic E-state index is 11.4. The highest BCUT2D eigenvalue weighted by Crippen LogP contribution is 2.49. The minimum absolute atomic E-state index is 0.0835. The molecule has 3 aromatic rings. The van der Waals surface area contributed by atoms with Gasteiger partial charge in [0.1, 0.15) is 0 Å². The summed E-state index contributed by atoms with van der Waals surface area (Å²) in [5, 5.41) is 16.2. The molecule has 0 radical (unpaired) electrons. The number of nitro groups is 1. The molecule has 8 heteroatoms. The molecular formula is C27H25ClN2O4S. The average molecular weight is 509 g/mol. The third-order valence-corrected chi connectivity index (χ3v) is 7.48. The smallest absolute Gasteiger partial charge is 0.318 e. The lowest BCUT2D eigenvalue weighted by atomic mass is 9.81. The third-order valence-electron chi connectivity index (χ3n) is 6.13. The summed E-state index contributed by atoms with van der Waals surface area (Å²) >= 11 is 7.69. The molecule has 0 atom stereocenters. The van der Waals surface area contributed by atoms with Gasteiger partial charge in [0.05, 0.1) is 10.6 Å². The van der Waals surface area contributed by atoms with Crippen LogP contribution >= 0.6 is 23.4 Å². The summed E-state index contributed by atoms with van der Waals surface area (Å²) in [6, 6.07) is 18.8. The first-order chi connectivity index (χ1) is 16.7. The van der Waals surface area contributed by atoms with Crippen molar-refractivity contribution in [3.05, 3.63) is 92.5 Å². The average Bonchev–Trinajstić information content (AvgIpc) is 3.05. The van der Waals surface area contributed by atoms with Gasteiger partial charge in [-0.25, -0.2) is 4.79 Å². The normalized spacial score (nSPS) is 13.8. The molecule has 1 aliphatic rings. The monoisotopic (exact) mass is 508 g/mol. The molecule has 1 aliphatic carbocycles. The number of fused-ring (bicyclic) bond motifs is 3. The lowest BCUT2D eigenvalue weighted by Gasteiger charge is -2.22. The van der Waals surface area contributed by atoms with Crippen molar-refractivity contribution in [1.29, 1.82) is 0 Å². The van der Waals surface area contributed by atoms with Gasteiger partial charge in [0.25, 0.3) is 5.69 Å². The molecule has 3 aromatic carbocycles. The van der Waals surface area contributed by atoms with Gasteiger partial charge in [-0.1, -0.05) is 42.7 Å². The largest absolute Gasteiger partial charge is 0.331 e. The minimum Gasteiger partial charge on any atom is -0.318 e. The molecule has 0 amide bonds. The number of carbonyl (C=O) groups is 1. The molecule has 0 heterocycles. The fourth-order valence-corrected chi connectivity index (χ4v) is 5.32. The second kappa shape index (κ2) is 10.2. The molecule has 0 N–H and O–H groups in total. The number of carbonyl (C=O) groups excluding carboxylic acids is 1. The molecule has 0 bridgehead atoms. The fourth-order valence-electron chi connectivity index (χ4n) is 4.34. The van der Waals surface area contributed by atoms with E-state index in [0.29, 0.717) is 17.2 Å². The Labute approximate surface area is 213 Å². The summed E-state index contributed by atoms with van der Waals surface area (Å²) in [7, 11) is 0. The number of nitrogens with zero attached hydrogens (tertiary/aromatic N) is 2. The first-order valence-electron chi connectivity index (χ1n) is 11.2. The quantitative estimate of drug-likeness (QED) is 0.0790. The van der Waals surface area contributed by atoms with Gasteiger partial charge in [-0.15, -0.1) is 11.8 Å². The van der Waals surface area contributed by atoms with Crippen molar-refractivity contribution in [2.45, 2.75) is 43.9 Å². The van der Waals surface area contributed by atoms with E-state index in [-0.39, 0.29) is 10.6 Å². The van der Waals surface area contributed by atoms with Crippen LogP contribution in [0.3, 0.4) is 0 Å². The minimum atomic E-state index is -0.473. The number of hydrogen-bond acceptors (Lipinski definition) is 6. The van der Waals surface area contributed by atoms with Gasteiger partial charge in [0.15, 0.2) is 0 Å². The predicted molar refractivity (Wildman–Crippen MR) is 140 cm³/mol. The number of hydrogen-bond donors (Lipinski definition) is 0. The Hall–Kier alpha value is -3.16. The zero-order valence-corrected chi connectivity index (χ0v) is 21.3. The fraction of sp³-hybridized carbons (Fsp3) is 0.259. The summed E-state index contributed by atoms with van der Waals surface area (Å²) < 4.78 is 0. The number of rotatable bonds is 8. The number of non-ortho nitro benzene ring substituents is 1. The van der Waals surface area contributed by atoms with Crippen molar-refractivity contribution >= 4 is 40.7 Å². The molecule has 0 aliphatic heterocycles. The number of halogens is 1. The van der Waals surface area contributed by atoms with Crippen molar-refractivity contribution in [2.75, 3.05) is 5.75 Å². The second-order valence-corrected chi connectivity index (χ2v) is 10.5. The topological polar surface area (TPSA) is 81.8 Å². The van der Waals surface area contributed by atoms with E-state index in [0.717, 1.165) is 44.9 Å². The SMILES string of the molecule is CC(=O)O/N=C(\CCCSc1ccc(Cl)cc1)c1ccc2c(c1)C(C)(C)c1cc([N+](=O)[O-])ccc1-2. The highest BCUT2D eigenvalue weighted by Gasteiger charge is 2.37. The highest BCUT2D eigenvalue weighted by atomic mass is 35.5. The van der Waals surface area contributed by atoms with Crippen molar-refractivity contribution in [3.8, 4) is 11.1 Å². The van der Waals surface area contributed by atoms with Crippen LogP contribution in [0.4, 0.5) is 5.69 Å². The Balaban J connectivity index is 1.57. The summed E-state index contributed by atoms with van der Waals surface area (Å²) in [4.78, 5) is 28.6. The lowest BCUT2D eigenvalue weighted by Crippen LogP contribution is -2.16. The van der Waals surface area contributed by atoms with Gasteiger partial charge in [0, 0.05) is 34.4 Å². The maximum Gasteiger partial charge on any atom is 0.331 e. The number of oxime groups is 1. The third kappa shape index (κ3) is 5.41. The molecule has 180 valence electrons. The lowest BCUT2D eigenvalue weighted by molar-refractivity contribution is -0.384. The number of nitro benzene ring substituents is 1. The van der Waals surface area contributed by atoms with Gasteiger partial charge in [-0.05, 0) is 82.8 Å².